The summed E-state index contributed by atoms with van der Waals surface area (Å²) in [6, 6.07) is 62.4. The maximum absolute atomic E-state index is 5.25. The molecule has 3 heterocycles. The summed E-state index contributed by atoms with van der Waals surface area (Å²) in [6.45, 7) is 0. The smallest absolute Gasteiger partial charge is 0.161 e. The Morgan fingerprint density at radius 3 is 1.70 bits per heavy atom. The van der Waals surface area contributed by atoms with Gasteiger partial charge in [-0.15, -0.1) is 11.3 Å². The Kier molecular flexibility index (Phi) is 6.68. The second-order valence-electron chi connectivity index (χ2n) is 12.6. The van der Waals surface area contributed by atoms with Gasteiger partial charge in [-0.2, -0.15) is 0 Å². The second-order valence-corrected chi connectivity index (χ2v) is 13.6. The van der Waals surface area contributed by atoms with Crippen LogP contribution in [0, 0.1) is 0 Å². The van der Waals surface area contributed by atoms with Crippen LogP contribution in [0.15, 0.2) is 176 Å². The molecule has 0 aliphatic heterocycles. The van der Waals surface area contributed by atoms with E-state index in [0.717, 1.165) is 44.5 Å². The highest BCUT2D eigenvalue weighted by Crippen LogP contribution is 2.44. The number of benzene rings is 7. The van der Waals surface area contributed by atoms with Crippen molar-refractivity contribution in [2.24, 2.45) is 0 Å². The summed E-state index contributed by atoms with van der Waals surface area (Å²) in [5, 5.41) is 4.88. The highest BCUT2D eigenvalue weighted by molar-refractivity contribution is 7.26. The van der Waals surface area contributed by atoms with Gasteiger partial charge in [0.25, 0.3) is 0 Å². The number of hydrogen-bond donors (Lipinski definition) is 0. The molecule has 10 rings (SSSR count). The topological polar surface area (TPSA) is 30.7 Å². The van der Waals surface area contributed by atoms with Gasteiger partial charge in [0.05, 0.1) is 32.8 Å². The first-order valence-electron chi connectivity index (χ1n) is 16.8. The molecule has 3 nitrogen and oxygen atoms in total. The van der Waals surface area contributed by atoms with Gasteiger partial charge in [0.15, 0.2) is 5.82 Å². The van der Waals surface area contributed by atoms with E-state index in [-0.39, 0.29) is 0 Å². The van der Waals surface area contributed by atoms with E-state index < -0.39 is 0 Å². The van der Waals surface area contributed by atoms with Gasteiger partial charge in [-0.05, 0) is 47.5 Å². The Hall–Kier alpha value is -6.36. The molecule has 10 aromatic rings. The summed E-state index contributed by atoms with van der Waals surface area (Å²) < 4.78 is 5.01. The summed E-state index contributed by atoms with van der Waals surface area (Å²) >= 11 is 1.86. The molecule has 0 radical (unpaired) electrons. The van der Waals surface area contributed by atoms with Gasteiger partial charge in [-0.25, -0.2) is 9.97 Å². The highest BCUT2D eigenvalue weighted by Gasteiger charge is 2.21. The van der Waals surface area contributed by atoms with E-state index in [2.05, 4.69) is 168 Å². The maximum Gasteiger partial charge on any atom is 0.161 e. The molecule has 0 aliphatic rings. The predicted molar refractivity (Wildman–Crippen MR) is 211 cm³/mol. The zero-order valence-corrected chi connectivity index (χ0v) is 27.8. The first kappa shape index (κ1) is 28.6. The highest BCUT2D eigenvalue weighted by atomic mass is 32.1. The van der Waals surface area contributed by atoms with Gasteiger partial charge < -0.3 is 4.57 Å². The fraction of sp³-hybridized carbons (Fsp3) is 0. The monoisotopic (exact) mass is 655 g/mol. The van der Waals surface area contributed by atoms with Crippen LogP contribution < -0.4 is 0 Å². The van der Waals surface area contributed by atoms with Crippen LogP contribution in [-0.2, 0) is 0 Å². The summed E-state index contributed by atoms with van der Waals surface area (Å²) in [5.41, 5.74) is 10.8. The van der Waals surface area contributed by atoms with E-state index in [0.29, 0.717) is 5.82 Å². The number of hydrogen-bond acceptors (Lipinski definition) is 3. The van der Waals surface area contributed by atoms with Crippen LogP contribution in [0.4, 0.5) is 0 Å². The van der Waals surface area contributed by atoms with Crippen LogP contribution in [-0.4, -0.2) is 14.5 Å². The van der Waals surface area contributed by atoms with E-state index in [1.807, 2.05) is 23.5 Å². The van der Waals surface area contributed by atoms with Crippen LogP contribution >= 0.6 is 11.3 Å². The van der Waals surface area contributed by atoms with Gasteiger partial charge in [0.1, 0.15) is 0 Å². The fourth-order valence-electron chi connectivity index (χ4n) is 7.32. The van der Waals surface area contributed by atoms with Gasteiger partial charge >= 0.3 is 0 Å². The fourth-order valence-corrected chi connectivity index (χ4v) is 8.51. The first-order chi connectivity index (χ1) is 24.8. The molecular formula is C46H29N3S. The first-order valence-corrected chi connectivity index (χ1v) is 17.7. The second kappa shape index (κ2) is 11.7. The third kappa shape index (κ3) is 4.65. The van der Waals surface area contributed by atoms with Crippen LogP contribution in [0.3, 0.4) is 0 Å². The molecule has 0 N–H and O–H groups in total. The number of fused-ring (bicyclic) bond motifs is 6. The van der Waals surface area contributed by atoms with E-state index >= 15 is 0 Å². The van der Waals surface area contributed by atoms with Crippen LogP contribution in [0.2, 0.25) is 0 Å². The molecule has 0 atom stereocenters. The Labute approximate surface area is 293 Å². The Morgan fingerprint density at radius 2 is 1.00 bits per heavy atom. The standard InChI is InChI=1S/C46H29N3S/c1-4-15-30(16-5-1)33-27-37-34-21-11-13-26-43(34)50-45(37)42(28-33)49-40-24-12-10-22-35(40)44-36(23-14-25-41(44)49)46-47-38(31-17-6-2-7-18-31)29-39(48-46)32-19-8-3-9-20-32/h1-29H. The molecule has 0 saturated heterocycles. The molecule has 50 heavy (non-hydrogen) atoms. The third-order valence-electron chi connectivity index (χ3n) is 9.61. The summed E-state index contributed by atoms with van der Waals surface area (Å²) in [7, 11) is 0. The number of thiophene rings is 1. The van der Waals surface area contributed by atoms with E-state index in [1.54, 1.807) is 0 Å². The molecule has 7 aromatic carbocycles. The zero-order valence-electron chi connectivity index (χ0n) is 27.0. The summed E-state index contributed by atoms with van der Waals surface area (Å²) in [4.78, 5) is 10.5. The van der Waals surface area contributed by atoms with Crippen molar-refractivity contribution in [2.75, 3.05) is 0 Å². The Balaban J connectivity index is 1.29. The van der Waals surface area contributed by atoms with Crippen molar-refractivity contribution in [3.05, 3.63) is 176 Å². The third-order valence-corrected chi connectivity index (χ3v) is 10.8. The molecule has 0 fully saturated rings. The minimum atomic E-state index is 0.712. The van der Waals surface area contributed by atoms with Crippen molar-refractivity contribution in [2.45, 2.75) is 0 Å². The van der Waals surface area contributed by atoms with E-state index in [9.17, 15) is 0 Å². The molecule has 0 bridgehead atoms. The van der Waals surface area contributed by atoms with Crippen molar-refractivity contribution in [1.82, 2.24) is 14.5 Å². The van der Waals surface area contributed by atoms with Crippen molar-refractivity contribution >= 4 is 53.3 Å². The van der Waals surface area contributed by atoms with Gasteiger partial charge in [0, 0.05) is 42.9 Å². The molecule has 0 unspecified atom stereocenters. The lowest BCUT2D eigenvalue weighted by molar-refractivity contribution is 1.18. The Bertz CT molecular complexity index is 2800. The van der Waals surface area contributed by atoms with E-state index in [1.165, 1.54) is 42.4 Å². The van der Waals surface area contributed by atoms with Crippen LogP contribution in [0.1, 0.15) is 0 Å². The number of rotatable bonds is 5. The maximum atomic E-state index is 5.25. The van der Waals surface area contributed by atoms with Gasteiger partial charge in [0.2, 0.25) is 0 Å². The average Bonchev–Trinajstić information content (AvgIpc) is 3.74. The zero-order chi connectivity index (χ0) is 33.0. The number of para-hydroxylation sites is 1. The minimum absolute atomic E-state index is 0.712. The average molecular weight is 656 g/mol. The molecule has 0 spiro atoms. The van der Waals surface area contributed by atoms with Crippen LogP contribution in [0.5, 0.6) is 0 Å². The molecular weight excluding hydrogens is 627 g/mol. The molecule has 234 valence electrons. The summed E-state index contributed by atoms with van der Waals surface area (Å²) in [6.07, 6.45) is 0. The van der Waals surface area contributed by atoms with Crippen molar-refractivity contribution in [1.29, 1.82) is 0 Å². The lowest BCUT2D eigenvalue weighted by atomic mass is 10.0. The van der Waals surface area contributed by atoms with Crippen molar-refractivity contribution in [3.63, 3.8) is 0 Å². The normalized spacial score (nSPS) is 11.6. The Morgan fingerprint density at radius 1 is 0.420 bits per heavy atom. The minimum Gasteiger partial charge on any atom is -0.308 e. The molecule has 0 saturated carbocycles. The summed E-state index contributed by atoms with van der Waals surface area (Å²) in [5.74, 6) is 0.712. The van der Waals surface area contributed by atoms with Crippen molar-refractivity contribution in [3.8, 4) is 50.7 Å². The van der Waals surface area contributed by atoms with E-state index in [4.69, 9.17) is 9.97 Å². The lowest BCUT2D eigenvalue weighted by Gasteiger charge is -2.13. The van der Waals surface area contributed by atoms with Gasteiger partial charge in [-0.1, -0.05) is 140 Å². The molecule has 4 heteroatoms. The largest absolute Gasteiger partial charge is 0.308 e. The molecule has 3 aromatic heterocycles. The van der Waals surface area contributed by atoms with Crippen LogP contribution in [0.25, 0.3) is 92.7 Å². The quantitative estimate of drug-likeness (QED) is 0.185. The van der Waals surface area contributed by atoms with Crippen molar-refractivity contribution < 1.29 is 0 Å². The number of aromatic nitrogens is 3. The van der Waals surface area contributed by atoms with Gasteiger partial charge in [-0.3, -0.25) is 0 Å². The molecule has 0 amide bonds. The molecule has 0 aliphatic carbocycles. The number of nitrogens with zero attached hydrogens (tertiary/aromatic N) is 3. The SMILES string of the molecule is c1ccc(-c2cc(-n3c4ccccc4c4c(-c5nc(-c6ccccc6)cc(-c6ccccc6)n5)cccc43)c3sc4ccccc4c3c2)cc1. The lowest BCUT2D eigenvalue weighted by Crippen LogP contribution is -1.97. The predicted octanol–water partition coefficient (Wildman–Crippen LogP) is 12.6.